The highest BCUT2D eigenvalue weighted by molar-refractivity contribution is 6.26. The lowest BCUT2D eigenvalue weighted by Gasteiger charge is -2.27. The quantitative estimate of drug-likeness (QED) is 0.0706. The molecule has 1 atom stereocenters. The number of carbonyl (C=O) groups is 5. The van der Waals surface area contributed by atoms with Crippen molar-refractivity contribution in [2.24, 2.45) is 0 Å². The van der Waals surface area contributed by atoms with Crippen molar-refractivity contribution in [3.63, 3.8) is 0 Å². The number of ether oxygens (including phenoxy) is 13. The third kappa shape index (κ3) is 27.0. The molecule has 2 aliphatic heterocycles. The van der Waals surface area contributed by atoms with Crippen LogP contribution in [0.25, 0.3) is 0 Å². The van der Waals surface area contributed by atoms with Gasteiger partial charge in [-0.3, -0.25) is 34.2 Å². The average molecular weight is 972 g/mol. The number of hydrogen-bond acceptors (Lipinski definition) is 18. The number of imide groups is 2. The second-order valence-corrected chi connectivity index (χ2v) is 15.3. The maximum atomic E-state index is 13.2. The van der Waals surface area contributed by atoms with Gasteiger partial charge in [-0.25, -0.2) is 0 Å². The average Bonchev–Trinajstić information content (AvgIpc) is 3.59. The van der Waals surface area contributed by atoms with Gasteiger partial charge in [0.25, 0.3) is 11.8 Å². The minimum absolute atomic E-state index is 0.0262. The number of amides is 5. The van der Waals surface area contributed by atoms with Crippen LogP contribution in [-0.4, -0.2) is 212 Å². The zero-order chi connectivity index (χ0) is 48.5. The Bertz CT molecular complexity index is 1520. The molecule has 1 unspecified atom stereocenters. The summed E-state index contributed by atoms with van der Waals surface area (Å²) < 4.78 is 71.5. The van der Waals surface area contributed by atoms with E-state index in [1.54, 1.807) is 12.1 Å². The second-order valence-electron chi connectivity index (χ2n) is 15.3. The predicted molar refractivity (Wildman–Crippen MR) is 246 cm³/mol. The number of nitrogens with zero attached hydrogens (tertiary/aromatic N) is 1. The monoisotopic (exact) mass is 972 g/mol. The van der Waals surface area contributed by atoms with Crippen LogP contribution in [0.15, 0.2) is 18.2 Å². The molecule has 0 spiro atoms. The van der Waals surface area contributed by atoms with E-state index in [0.29, 0.717) is 172 Å². The van der Waals surface area contributed by atoms with Gasteiger partial charge in [0.2, 0.25) is 17.7 Å². The van der Waals surface area contributed by atoms with Crippen molar-refractivity contribution in [2.75, 3.05) is 177 Å². The van der Waals surface area contributed by atoms with Crippen molar-refractivity contribution in [1.82, 2.24) is 10.2 Å². The highest BCUT2D eigenvalue weighted by Gasteiger charge is 2.45. The van der Waals surface area contributed by atoms with Gasteiger partial charge in [0, 0.05) is 26.1 Å². The molecule has 3 rings (SSSR count). The van der Waals surface area contributed by atoms with Crippen molar-refractivity contribution < 1.29 is 85.6 Å². The van der Waals surface area contributed by atoms with Crippen molar-refractivity contribution in [3.8, 4) is 0 Å². The highest BCUT2D eigenvalue weighted by Crippen LogP contribution is 2.32. The number of carbonyl (C=O) groups excluding carboxylic acids is 5. The van der Waals surface area contributed by atoms with Crippen molar-refractivity contribution in [2.45, 2.75) is 64.3 Å². The first-order chi connectivity index (χ1) is 33.4. The Morgan fingerprint density at radius 2 is 0.897 bits per heavy atom. The van der Waals surface area contributed by atoms with Gasteiger partial charge in [-0.05, 0) is 37.8 Å². The number of nitrogens with one attached hydrogen (secondary N) is 2. The summed E-state index contributed by atoms with van der Waals surface area (Å²) in [6, 6.07) is 3.53. The van der Waals surface area contributed by atoms with Gasteiger partial charge in [0.1, 0.15) is 6.04 Å². The maximum absolute atomic E-state index is 13.2. The lowest BCUT2D eigenvalue weighted by Crippen LogP contribution is -2.54. The fraction of sp³-hybridized carbons (Fsp3) is 0.766. The molecule has 1 aromatic rings. The van der Waals surface area contributed by atoms with Gasteiger partial charge < -0.3 is 66.9 Å². The van der Waals surface area contributed by atoms with Gasteiger partial charge in [-0.2, -0.15) is 0 Å². The van der Waals surface area contributed by atoms with Crippen LogP contribution in [0, 0.1) is 0 Å². The molecule has 2 aliphatic rings. The molecule has 2 N–H and O–H groups in total. The van der Waals surface area contributed by atoms with Crippen LogP contribution < -0.4 is 10.6 Å². The topological polar surface area (TPSA) is 233 Å². The van der Waals surface area contributed by atoms with Gasteiger partial charge in [0.15, 0.2) is 0 Å². The van der Waals surface area contributed by atoms with E-state index in [0.717, 1.165) is 37.2 Å². The fourth-order valence-corrected chi connectivity index (χ4v) is 6.49. The molecular formula is C47H77N3O18. The van der Waals surface area contributed by atoms with E-state index in [4.69, 9.17) is 61.6 Å². The van der Waals surface area contributed by atoms with Crippen LogP contribution in [0.3, 0.4) is 0 Å². The predicted octanol–water partition coefficient (Wildman–Crippen LogP) is 2.60. The number of benzene rings is 1. The van der Waals surface area contributed by atoms with Crippen molar-refractivity contribution in [1.29, 1.82) is 0 Å². The molecular weight excluding hydrogens is 895 g/mol. The number of fused-ring (bicyclic) bond motifs is 1. The normalized spacial score (nSPS) is 14.8. The van der Waals surface area contributed by atoms with E-state index in [2.05, 4.69) is 17.6 Å². The van der Waals surface area contributed by atoms with E-state index < -0.39 is 29.7 Å². The van der Waals surface area contributed by atoms with Gasteiger partial charge in [0.05, 0.1) is 175 Å². The molecule has 2 heterocycles. The molecule has 0 aliphatic carbocycles. The molecule has 1 aromatic carbocycles. The van der Waals surface area contributed by atoms with Gasteiger partial charge >= 0.3 is 0 Å². The van der Waals surface area contributed by atoms with E-state index in [9.17, 15) is 24.0 Å². The van der Waals surface area contributed by atoms with Gasteiger partial charge in [-0.15, -0.1) is 0 Å². The Hall–Kier alpha value is -3.55. The number of rotatable bonds is 47. The molecule has 1 fully saturated rings. The summed E-state index contributed by atoms with van der Waals surface area (Å²) in [6.07, 6.45) is 4.65. The largest absolute Gasteiger partial charge is 0.379 e. The molecule has 0 bridgehead atoms. The third-order valence-electron chi connectivity index (χ3n) is 10.0. The van der Waals surface area contributed by atoms with E-state index >= 15 is 0 Å². The number of hydrogen-bond donors (Lipinski definition) is 2. The zero-order valence-corrected chi connectivity index (χ0v) is 40.1. The second kappa shape index (κ2) is 40.2. The molecule has 21 heteroatoms. The number of piperidine rings is 1. The van der Waals surface area contributed by atoms with Crippen LogP contribution >= 0.6 is 0 Å². The van der Waals surface area contributed by atoms with Crippen LogP contribution in [-0.2, 0) is 76.0 Å². The minimum Gasteiger partial charge on any atom is -0.379 e. The number of unbranched alkanes of at least 4 members (excludes halogenated alkanes) is 3. The van der Waals surface area contributed by atoms with Crippen LogP contribution in [0.1, 0.15) is 79.0 Å². The Labute approximate surface area is 401 Å². The smallest absolute Gasteiger partial charge is 0.264 e. The first kappa shape index (κ1) is 58.8. The summed E-state index contributed by atoms with van der Waals surface area (Å²) in [4.78, 5) is 63.6. The van der Waals surface area contributed by atoms with Crippen molar-refractivity contribution in [3.05, 3.63) is 29.3 Å². The van der Waals surface area contributed by atoms with E-state index in [-0.39, 0.29) is 42.0 Å². The van der Waals surface area contributed by atoms with Gasteiger partial charge in [-0.1, -0.05) is 25.8 Å². The van der Waals surface area contributed by atoms with Crippen LogP contribution in [0.4, 0.5) is 5.69 Å². The molecule has 5 amide bonds. The molecule has 0 aromatic heterocycles. The zero-order valence-electron chi connectivity index (χ0n) is 40.1. The summed E-state index contributed by atoms with van der Waals surface area (Å²) in [5, 5.41) is 4.91. The Morgan fingerprint density at radius 3 is 1.28 bits per heavy atom. The Morgan fingerprint density at radius 1 is 0.515 bits per heavy atom. The fourth-order valence-electron chi connectivity index (χ4n) is 6.49. The molecule has 21 nitrogen and oxygen atoms in total. The lowest BCUT2D eigenvalue weighted by molar-refractivity contribution is -0.136. The molecule has 68 heavy (non-hydrogen) atoms. The molecule has 388 valence electrons. The summed E-state index contributed by atoms with van der Waals surface area (Å²) in [5.74, 6) is -2.72. The summed E-state index contributed by atoms with van der Waals surface area (Å²) in [7, 11) is 0. The summed E-state index contributed by atoms with van der Waals surface area (Å²) in [6.45, 7) is 15.3. The summed E-state index contributed by atoms with van der Waals surface area (Å²) in [5.41, 5.74) is 0.377. The van der Waals surface area contributed by atoms with Crippen LogP contribution in [0.2, 0.25) is 0 Å². The van der Waals surface area contributed by atoms with E-state index in [1.165, 1.54) is 6.07 Å². The molecule has 0 saturated carbocycles. The van der Waals surface area contributed by atoms with Crippen LogP contribution in [0.5, 0.6) is 0 Å². The first-order valence-electron chi connectivity index (χ1n) is 24.1. The first-order valence-corrected chi connectivity index (χ1v) is 24.1. The lowest BCUT2D eigenvalue weighted by atomic mass is 10.0. The van der Waals surface area contributed by atoms with E-state index in [1.807, 2.05) is 0 Å². The minimum atomic E-state index is -1.08. The third-order valence-corrected chi connectivity index (χ3v) is 10.0. The number of anilines is 1. The van der Waals surface area contributed by atoms with Crippen molar-refractivity contribution >= 4 is 35.2 Å². The molecule has 1 saturated heterocycles. The Kier molecular flexibility index (Phi) is 34.7. The summed E-state index contributed by atoms with van der Waals surface area (Å²) >= 11 is 0. The highest BCUT2D eigenvalue weighted by atomic mass is 16.6. The Balaban J connectivity index is 0.955. The standard InChI is InChI=1S/C47H77N3O18/c1-2-3-13-56-15-17-58-19-21-60-23-25-62-27-29-64-31-33-66-35-37-68-38-36-67-34-32-65-30-28-63-26-24-61-22-20-59-18-16-57-14-6-4-5-10-42(51)48-40-9-7-8-39-44(40)47(55)50(46(39)54)41-11-12-43(52)49-45(41)53/h7-9,41H,2-6,10-38H2,1H3,(H,48,51)(H,49,52,53). The molecule has 0 radical (unpaired) electrons. The SMILES string of the molecule is CCCCOCCOCCOCCOCCOCCOCCOCCOCCOCCOCCOCCOCCOCCCCCC(=O)Nc1cccc2c1C(=O)N(C1CCC(=O)NC1=O)C2=O. The maximum Gasteiger partial charge on any atom is 0.264 e.